The van der Waals surface area contributed by atoms with E-state index in [1.165, 1.54) is 24.3 Å². The largest absolute Gasteiger partial charge is 0.363 e. The highest BCUT2D eigenvalue weighted by atomic mass is 32.2. The molecule has 0 radical (unpaired) electrons. The molecule has 0 saturated heterocycles. The number of amides is 2. The van der Waals surface area contributed by atoms with Crippen LogP contribution in [0.5, 0.6) is 0 Å². The number of fused-ring (bicyclic) bond motifs is 1. The van der Waals surface area contributed by atoms with Gasteiger partial charge in [-0.3, -0.25) is 9.59 Å². The zero-order chi connectivity index (χ0) is 19.6. The number of nitrogens with one attached hydrogen (secondary N) is 1. The number of hydrogen-bond donors (Lipinski definition) is 1. The Kier molecular flexibility index (Phi) is 5.06. The molecule has 8 nitrogen and oxygen atoms in total. The summed E-state index contributed by atoms with van der Waals surface area (Å²) >= 11 is 0. The molecule has 0 aliphatic carbocycles. The molecule has 1 N–H and O–H groups in total. The van der Waals surface area contributed by atoms with Crippen LogP contribution in [0.25, 0.3) is 0 Å². The van der Waals surface area contributed by atoms with Crippen molar-refractivity contribution in [3.63, 3.8) is 0 Å². The van der Waals surface area contributed by atoms with Gasteiger partial charge in [0.15, 0.2) is 0 Å². The van der Waals surface area contributed by atoms with Crippen molar-refractivity contribution in [3.05, 3.63) is 70.8 Å². The third-order valence-electron chi connectivity index (χ3n) is 3.90. The van der Waals surface area contributed by atoms with Gasteiger partial charge in [-0.2, -0.15) is 0 Å². The van der Waals surface area contributed by atoms with Gasteiger partial charge in [-0.05, 0) is 36.2 Å². The van der Waals surface area contributed by atoms with Gasteiger partial charge in [0.25, 0.3) is 11.8 Å². The minimum Gasteiger partial charge on any atom is -0.324 e. The molecule has 2 aromatic rings. The highest BCUT2D eigenvalue weighted by molar-refractivity contribution is 7.88. The summed E-state index contributed by atoms with van der Waals surface area (Å²) in [5.41, 5.74) is 1.34. The topological polar surface area (TPSA) is 110 Å². The molecule has 27 heavy (non-hydrogen) atoms. The van der Waals surface area contributed by atoms with Crippen LogP contribution in [0.3, 0.4) is 0 Å². The molecule has 140 valence electrons. The first-order chi connectivity index (χ1) is 12.8. The normalized spacial score (nSPS) is 13.6. The summed E-state index contributed by atoms with van der Waals surface area (Å²) in [7, 11) is -3.26. The highest BCUT2D eigenvalue weighted by Gasteiger charge is 2.38. The zero-order valence-electron chi connectivity index (χ0n) is 14.3. The number of carbonyl (C=O) groups excluding carboxylic acids is 3. The molecule has 0 bridgehead atoms. The molecule has 0 saturated carbocycles. The monoisotopic (exact) mass is 388 g/mol. The number of sulfonamides is 1. The van der Waals surface area contributed by atoms with Crippen molar-refractivity contribution >= 4 is 27.8 Å². The first-order valence-electron chi connectivity index (χ1n) is 8.00. The molecular weight excluding hydrogens is 372 g/mol. The van der Waals surface area contributed by atoms with E-state index in [1.54, 1.807) is 24.3 Å². The van der Waals surface area contributed by atoms with Gasteiger partial charge >= 0.3 is 5.97 Å². The molecule has 9 heteroatoms. The lowest BCUT2D eigenvalue weighted by Gasteiger charge is -2.12. The molecule has 1 heterocycles. The van der Waals surface area contributed by atoms with Gasteiger partial charge in [-0.25, -0.2) is 17.9 Å². The lowest BCUT2D eigenvalue weighted by molar-refractivity contribution is -0.0584. The summed E-state index contributed by atoms with van der Waals surface area (Å²) in [6.07, 6.45) is 1.52. The predicted molar refractivity (Wildman–Crippen MR) is 95.4 cm³/mol. The van der Waals surface area contributed by atoms with Crippen LogP contribution in [-0.4, -0.2) is 44.1 Å². The molecule has 1 aliphatic rings. The lowest BCUT2D eigenvalue weighted by Crippen LogP contribution is -2.32. The Morgan fingerprint density at radius 2 is 1.56 bits per heavy atom. The van der Waals surface area contributed by atoms with Gasteiger partial charge < -0.3 is 4.84 Å². The number of rotatable bonds is 6. The van der Waals surface area contributed by atoms with Crippen LogP contribution in [0.2, 0.25) is 0 Å². The Balaban J connectivity index is 1.64. The molecule has 3 rings (SSSR count). The van der Waals surface area contributed by atoms with Crippen molar-refractivity contribution in [3.8, 4) is 0 Å². The molecule has 0 spiro atoms. The van der Waals surface area contributed by atoms with E-state index in [0.29, 0.717) is 11.5 Å². The van der Waals surface area contributed by atoms with Crippen molar-refractivity contribution in [1.29, 1.82) is 0 Å². The van der Waals surface area contributed by atoms with Crippen LogP contribution in [0.15, 0.2) is 48.5 Å². The van der Waals surface area contributed by atoms with Crippen molar-refractivity contribution in [2.45, 2.75) is 6.42 Å². The second kappa shape index (κ2) is 7.29. The molecular formula is C18H16N2O6S. The first-order valence-corrected chi connectivity index (χ1v) is 9.89. The summed E-state index contributed by atoms with van der Waals surface area (Å²) in [5.74, 6) is -2.22. The highest BCUT2D eigenvalue weighted by Crippen LogP contribution is 2.23. The van der Waals surface area contributed by atoms with E-state index in [0.717, 1.165) is 11.8 Å². The van der Waals surface area contributed by atoms with Crippen LogP contribution in [0, 0.1) is 0 Å². The number of imide groups is 1. The van der Waals surface area contributed by atoms with E-state index < -0.39 is 27.8 Å². The van der Waals surface area contributed by atoms with Crippen LogP contribution in [-0.2, 0) is 21.3 Å². The van der Waals surface area contributed by atoms with E-state index in [2.05, 4.69) is 4.72 Å². The van der Waals surface area contributed by atoms with Gasteiger partial charge in [0.1, 0.15) is 0 Å². The Hall–Kier alpha value is -3.04. The number of hydrogen-bond acceptors (Lipinski definition) is 6. The molecule has 2 aromatic carbocycles. The SMILES string of the molecule is CS(=O)(=O)NCCc1ccc(C(=O)ON2C(=O)c3ccccc3C2=O)cc1. The third-order valence-corrected chi connectivity index (χ3v) is 4.63. The minimum atomic E-state index is -3.26. The van der Waals surface area contributed by atoms with Crippen molar-refractivity contribution in [2.75, 3.05) is 12.8 Å². The predicted octanol–water partition coefficient (Wildman–Crippen LogP) is 1.15. The standard InChI is InChI=1S/C18H16N2O6S/c1-27(24,25)19-11-10-12-6-8-13(9-7-12)18(23)26-20-16(21)14-4-2-3-5-15(14)17(20)22/h2-9,19H,10-11H2,1H3. The number of benzene rings is 2. The number of hydroxylamine groups is 2. The maximum absolute atomic E-state index is 12.2. The van der Waals surface area contributed by atoms with Crippen LogP contribution in [0.1, 0.15) is 36.6 Å². The fourth-order valence-corrected chi connectivity index (χ4v) is 3.05. The second-order valence-electron chi connectivity index (χ2n) is 5.94. The summed E-state index contributed by atoms with van der Waals surface area (Å²) in [5, 5.41) is 0.455. The van der Waals surface area contributed by atoms with Crippen molar-refractivity contribution in [1.82, 2.24) is 9.79 Å². The Morgan fingerprint density at radius 1 is 1.00 bits per heavy atom. The minimum absolute atomic E-state index is 0.159. The second-order valence-corrected chi connectivity index (χ2v) is 7.78. The van der Waals surface area contributed by atoms with E-state index in [9.17, 15) is 22.8 Å². The number of carbonyl (C=O) groups is 3. The van der Waals surface area contributed by atoms with E-state index in [1.807, 2.05) is 0 Å². The number of nitrogens with zero attached hydrogens (tertiary/aromatic N) is 1. The van der Waals surface area contributed by atoms with Crippen LogP contribution in [0.4, 0.5) is 0 Å². The quantitative estimate of drug-likeness (QED) is 0.744. The maximum atomic E-state index is 12.2. The van der Waals surface area contributed by atoms with Gasteiger partial charge in [-0.1, -0.05) is 29.3 Å². The van der Waals surface area contributed by atoms with Crippen LogP contribution >= 0.6 is 0 Å². The first kappa shape index (κ1) is 18.7. The van der Waals surface area contributed by atoms with Gasteiger partial charge in [0, 0.05) is 6.54 Å². The molecule has 0 atom stereocenters. The summed E-state index contributed by atoms with van der Waals surface area (Å²) < 4.78 is 24.4. The van der Waals surface area contributed by atoms with E-state index in [-0.39, 0.29) is 23.2 Å². The molecule has 2 amide bonds. The van der Waals surface area contributed by atoms with Crippen LogP contribution < -0.4 is 4.72 Å². The maximum Gasteiger partial charge on any atom is 0.363 e. The van der Waals surface area contributed by atoms with E-state index in [4.69, 9.17) is 4.84 Å². The van der Waals surface area contributed by atoms with Crippen molar-refractivity contribution < 1.29 is 27.6 Å². The van der Waals surface area contributed by atoms with Gasteiger partial charge in [-0.15, -0.1) is 0 Å². The van der Waals surface area contributed by atoms with E-state index >= 15 is 0 Å². The average Bonchev–Trinajstić information content (AvgIpc) is 2.86. The fraction of sp³-hybridized carbons (Fsp3) is 0.167. The summed E-state index contributed by atoms with van der Waals surface area (Å²) in [6, 6.07) is 12.5. The smallest absolute Gasteiger partial charge is 0.324 e. The molecule has 0 unspecified atom stereocenters. The Bertz CT molecular complexity index is 979. The Labute approximate surface area is 155 Å². The Morgan fingerprint density at radius 3 is 2.07 bits per heavy atom. The third kappa shape index (κ3) is 4.21. The molecule has 1 aliphatic heterocycles. The molecule has 0 fully saturated rings. The van der Waals surface area contributed by atoms with Crippen molar-refractivity contribution in [2.24, 2.45) is 0 Å². The average molecular weight is 388 g/mol. The summed E-state index contributed by atoms with van der Waals surface area (Å²) in [6.45, 7) is 0.234. The lowest BCUT2D eigenvalue weighted by atomic mass is 10.1. The summed E-state index contributed by atoms with van der Waals surface area (Å²) in [4.78, 5) is 41.6. The fourth-order valence-electron chi connectivity index (χ4n) is 2.57. The molecule has 0 aromatic heterocycles. The zero-order valence-corrected chi connectivity index (χ0v) is 15.2. The van der Waals surface area contributed by atoms with Gasteiger partial charge in [0.05, 0.1) is 22.9 Å². The van der Waals surface area contributed by atoms with Gasteiger partial charge in [0.2, 0.25) is 10.0 Å².